The van der Waals surface area contributed by atoms with Crippen LogP contribution in [0.25, 0.3) is 0 Å². The first-order chi connectivity index (χ1) is 22.0. The summed E-state index contributed by atoms with van der Waals surface area (Å²) in [7, 11) is 0. The minimum Gasteiger partial charge on any atom is -0.481 e. The number of nitrogens with one attached hydrogen (secondary N) is 5. The van der Waals surface area contributed by atoms with Crippen molar-refractivity contribution >= 4 is 35.5 Å². The molecule has 7 atom stereocenters. The number of carbonyl (C=O) groups is 6. The molecule has 5 amide bonds. The van der Waals surface area contributed by atoms with Crippen LogP contribution in [0.15, 0.2) is 0 Å². The molecule has 0 unspecified atom stereocenters. The van der Waals surface area contributed by atoms with Gasteiger partial charge >= 0.3 is 5.97 Å². The van der Waals surface area contributed by atoms with E-state index < -0.39 is 84.9 Å². The van der Waals surface area contributed by atoms with Gasteiger partial charge in [0.25, 0.3) is 0 Å². The summed E-state index contributed by atoms with van der Waals surface area (Å²) in [6.45, 7) is 19.8. The first kappa shape index (κ1) is 44.7. The molecule has 0 fully saturated rings. The van der Waals surface area contributed by atoms with Gasteiger partial charge in [-0.15, -0.1) is 0 Å². The fourth-order valence-electron chi connectivity index (χ4n) is 5.16. The Hall–Kier alpha value is -3.26. The third-order valence-electron chi connectivity index (χ3n) is 7.69. The zero-order valence-electron chi connectivity index (χ0n) is 30.8. The highest BCUT2D eigenvalue weighted by atomic mass is 16.4. The fraction of sp³-hybridized carbons (Fsp3) is 0.824. The molecule has 48 heavy (non-hydrogen) atoms. The van der Waals surface area contributed by atoms with E-state index in [0.29, 0.717) is 12.8 Å². The average molecular weight is 686 g/mol. The zero-order chi connectivity index (χ0) is 37.5. The second kappa shape index (κ2) is 21.7. The molecule has 278 valence electrons. The van der Waals surface area contributed by atoms with Crippen LogP contribution in [0.4, 0.5) is 0 Å². The maximum absolute atomic E-state index is 13.5. The highest BCUT2D eigenvalue weighted by molar-refractivity contribution is 5.92. The van der Waals surface area contributed by atoms with Crippen LogP contribution in [-0.2, 0) is 28.8 Å². The van der Waals surface area contributed by atoms with E-state index in [4.69, 9.17) is 5.11 Å². The van der Waals surface area contributed by atoms with Gasteiger partial charge in [0.15, 0.2) is 0 Å². The Kier molecular flexibility index (Phi) is 20.2. The molecule has 0 aromatic heterocycles. The Bertz CT molecular complexity index is 1060. The summed E-state index contributed by atoms with van der Waals surface area (Å²) in [5.41, 5.74) is 0. The van der Waals surface area contributed by atoms with Gasteiger partial charge in [0.2, 0.25) is 29.5 Å². The molecule has 8 N–H and O–H groups in total. The molecule has 0 aliphatic heterocycles. The molecule has 0 saturated carbocycles. The lowest BCUT2D eigenvalue weighted by Gasteiger charge is -2.31. The largest absolute Gasteiger partial charge is 0.481 e. The molecule has 0 spiro atoms. The molecule has 0 bridgehead atoms. The third-order valence-corrected chi connectivity index (χ3v) is 7.69. The number of hydrogen-bond acceptors (Lipinski definition) is 8. The van der Waals surface area contributed by atoms with E-state index in [0.717, 1.165) is 0 Å². The van der Waals surface area contributed by atoms with Gasteiger partial charge < -0.3 is 41.9 Å². The molecule has 0 aliphatic carbocycles. The van der Waals surface area contributed by atoms with Crippen molar-refractivity contribution in [3.63, 3.8) is 0 Å². The van der Waals surface area contributed by atoms with Crippen LogP contribution in [0.3, 0.4) is 0 Å². The summed E-state index contributed by atoms with van der Waals surface area (Å²) < 4.78 is 0. The number of carbonyl (C=O) groups excluding carboxylic acids is 5. The number of aliphatic hydroxyl groups is 2. The molecule has 0 aliphatic rings. The molecule has 14 nitrogen and oxygen atoms in total. The molecule has 0 aromatic rings. The monoisotopic (exact) mass is 685 g/mol. The van der Waals surface area contributed by atoms with Crippen LogP contribution in [0.5, 0.6) is 0 Å². The average Bonchev–Trinajstić information content (AvgIpc) is 2.91. The van der Waals surface area contributed by atoms with E-state index in [-0.39, 0.29) is 41.9 Å². The Morgan fingerprint density at radius 2 is 0.875 bits per heavy atom. The second-order valence-electron chi connectivity index (χ2n) is 14.8. The topological polar surface area (TPSA) is 223 Å². The number of carboxylic acids is 1. The van der Waals surface area contributed by atoms with Crippen LogP contribution < -0.4 is 26.6 Å². The summed E-state index contributed by atoms with van der Waals surface area (Å²) in [4.78, 5) is 75.9. The van der Waals surface area contributed by atoms with Gasteiger partial charge in [0.05, 0.1) is 37.1 Å². The van der Waals surface area contributed by atoms with Crippen LogP contribution in [0.2, 0.25) is 0 Å². The van der Waals surface area contributed by atoms with Crippen LogP contribution in [0, 0.1) is 29.6 Å². The van der Waals surface area contributed by atoms with Gasteiger partial charge in [-0.1, -0.05) is 69.2 Å². The number of carboxylic acid groups (broad SMARTS) is 1. The lowest BCUT2D eigenvalue weighted by Crippen LogP contribution is -2.59. The third kappa shape index (κ3) is 17.8. The van der Waals surface area contributed by atoms with Crippen molar-refractivity contribution in [2.24, 2.45) is 29.6 Å². The van der Waals surface area contributed by atoms with Gasteiger partial charge in [0.1, 0.15) is 18.1 Å². The van der Waals surface area contributed by atoms with Gasteiger partial charge in [-0.3, -0.25) is 28.8 Å². The van der Waals surface area contributed by atoms with E-state index in [9.17, 15) is 39.0 Å². The van der Waals surface area contributed by atoms with Crippen molar-refractivity contribution in [2.75, 3.05) is 0 Å². The molecular formula is C34H63N5O9. The Labute approximate surface area is 286 Å². The maximum Gasteiger partial charge on any atom is 0.306 e. The van der Waals surface area contributed by atoms with Crippen molar-refractivity contribution in [3.05, 3.63) is 0 Å². The molecule has 0 heterocycles. The summed E-state index contributed by atoms with van der Waals surface area (Å²) in [6, 6.07) is -4.61. The number of amides is 5. The second-order valence-corrected chi connectivity index (χ2v) is 14.8. The van der Waals surface area contributed by atoms with E-state index in [1.54, 1.807) is 27.7 Å². The van der Waals surface area contributed by atoms with Gasteiger partial charge in [-0.25, -0.2) is 0 Å². The SMILES string of the molecule is CC(C)CC(=O)N[C@H](C(=O)N[C@H](C(=O)N[C@H](CC(C)C)[C@H](O)CC(=O)N[C@@H](C)C(=O)N[C@@H](CC(C)C)[C@@H](O)CC(=O)O)C(C)C)C(C)C. The first-order valence-corrected chi connectivity index (χ1v) is 17.1. The van der Waals surface area contributed by atoms with Gasteiger partial charge in [-0.2, -0.15) is 0 Å². The molecule has 14 heteroatoms. The number of aliphatic carboxylic acids is 1. The van der Waals surface area contributed by atoms with Crippen molar-refractivity contribution < 1.29 is 44.1 Å². The minimum atomic E-state index is -1.33. The molecule has 0 aromatic carbocycles. The van der Waals surface area contributed by atoms with Crippen molar-refractivity contribution in [1.29, 1.82) is 0 Å². The predicted molar refractivity (Wildman–Crippen MR) is 182 cm³/mol. The number of aliphatic hydroxyl groups excluding tert-OH is 2. The zero-order valence-corrected chi connectivity index (χ0v) is 30.8. The number of rotatable bonds is 22. The summed E-state index contributed by atoms with van der Waals surface area (Å²) in [5.74, 6) is -4.25. The minimum absolute atomic E-state index is 0.0152. The highest BCUT2D eigenvalue weighted by Crippen LogP contribution is 2.15. The lowest BCUT2D eigenvalue weighted by atomic mass is 9.95. The van der Waals surface area contributed by atoms with Gasteiger partial charge in [0, 0.05) is 6.42 Å². The Morgan fingerprint density at radius 1 is 0.479 bits per heavy atom. The molecule has 0 radical (unpaired) electrons. The fourth-order valence-corrected chi connectivity index (χ4v) is 5.16. The van der Waals surface area contributed by atoms with Crippen molar-refractivity contribution in [3.8, 4) is 0 Å². The standard InChI is InChI=1S/C34H63N5O9/c1-17(2)12-23(37-33(47)31(21(9)10)39-34(48)30(20(7)8)38-27(42)14-19(5)6)25(40)15-28(43)35-22(11)32(46)36-24(13-18(3)4)26(41)16-29(44)45/h17-26,30-31,40-41H,12-16H2,1-11H3,(H,35,43)(H,36,46)(H,37,47)(H,38,42)(H,39,48)(H,44,45)/t22-,23+,24-,25+,26-,30-,31-/m0/s1. The predicted octanol–water partition coefficient (Wildman–Crippen LogP) is 1.47. The quantitative estimate of drug-likeness (QED) is 0.0825. The maximum atomic E-state index is 13.5. The summed E-state index contributed by atoms with van der Waals surface area (Å²) in [5, 5.41) is 43.9. The van der Waals surface area contributed by atoms with Crippen LogP contribution in [-0.4, -0.2) is 93.2 Å². The number of hydrogen-bond donors (Lipinski definition) is 8. The van der Waals surface area contributed by atoms with Crippen molar-refractivity contribution in [1.82, 2.24) is 26.6 Å². The lowest BCUT2D eigenvalue weighted by molar-refractivity contribution is -0.140. The first-order valence-electron chi connectivity index (χ1n) is 17.1. The normalized spacial score (nSPS) is 16.1. The van der Waals surface area contributed by atoms with Crippen LogP contribution in [0.1, 0.15) is 108 Å². The smallest absolute Gasteiger partial charge is 0.306 e. The Balaban J connectivity index is 5.60. The summed E-state index contributed by atoms with van der Waals surface area (Å²) >= 11 is 0. The molecular weight excluding hydrogens is 622 g/mol. The molecule has 0 saturated heterocycles. The van der Waals surface area contributed by atoms with Gasteiger partial charge in [-0.05, 0) is 49.4 Å². The van der Waals surface area contributed by atoms with E-state index >= 15 is 0 Å². The van der Waals surface area contributed by atoms with Crippen molar-refractivity contribution in [2.45, 2.75) is 151 Å². The highest BCUT2D eigenvalue weighted by Gasteiger charge is 2.34. The van der Waals surface area contributed by atoms with E-state index in [2.05, 4.69) is 26.6 Å². The van der Waals surface area contributed by atoms with E-state index in [1.165, 1.54) is 6.92 Å². The summed E-state index contributed by atoms with van der Waals surface area (Å²) in [6.07, 6.45) is -2.76. The molecule has 0 rings (SSSR count). The van der Waals surface area contributed by atoms with E-state index in [1.807, 2.05) is 41.5 Å². The Morgan fingerprint density at radius 3 is 1.29 bits per heavy atom. The van der Waals surface area contributed by atoms with Crippen LogP contribution >= 0.6 is 0 Å².